The van der Waals surface area contributed by atoms with Gasteiger partial charge in [-0.05, 0) is 24.3 Å². The Morgan fingerprint density at radius 1 is 1.26 bits per heavy atom. The van der Waals surface area contributed by atoms with Crippen LogP contribution in [0.2, 0.25) is 0 Å². The van der Waals surface area contributed by atoms with Crippen LogP contribution in [0.3, 0.4) is 0 Å². The smallest absolute Gasteiger partial charge is 0.406 e. The zero-order valence-electron chi connectivity index (χ0n) is 11.2. The van der Waals surface area contributed by atoms with Gasteiger partial charge >= 0.3 is 12.4 Å². The molecule has 0 bridgehead atoms. The van der Waals surface area contributed by atoms with Gasteiger partial charge in [0.05, 0.1) is 0 Å². The van der Waals surface area contributed by atoms with E-state index in [0.29, 0.717) is 0 Å². The van der Waals surface area contributed by atoms with Gasteiger partial charge in [-0.1, -0.05) is 11.6 Å². The van der Waals surface area contributed by atoms with Gasteiger partial charge in [-0.25, -0.2) is 9.18 Å². The molecule has 1 heterocycles. The minimum atomic E-state index is -4.79. The largest absolute Gasteiger partial charge is 0.573 e. The fourth-order valence-electron chi connectivity index (χ4n) is 1.63. The summed E-state index contributed by atoms with van der Waals surface area (Å²) in [5.74, 6) is -1.05. The molecule has 1 aliphatic heterocycles. The van der Waals surface area contributed by atoms with Crippen molar-refractivity contribution < 1.29 is 27.1 Å². The van der Waals surface area contributed by atoms with E-state index in [1.807, 2.05) is 0 Å². The Bertz CT molecular complexity index is 594. The number of carbonyl (C=O) groups is 1. The summed E-state index contributed by atoms with van der Waals surface area (Å²) in [4.78, 5) is 11.7. The molecule has 2 rings (SSSR count). The molecule has 1 aromatic carbocycles. The van der Waals surface area contributed by atoms with Gasteiger partial charge in [-0.3, -0.25) is 5.32 Å². The number of hydrogen-bond donors (Lipinski definition) is 4. The average Bonchev–Trinajstić information content (AvgIpc) is 2.43. The Morgan fingerprint density at radius 3 is 2.48 bits per heavy atom. The Hall–Kier alpha value is -2.20. The van der Waals surface area contributed by atoms with E-state index in [9.17, 15) is 22.4 Å². The molecule has 0 radical (unpaired) electrons. The molecule has 126 valence electrons. The quantitative estimate of drug-likeness (QED) is 0.382. The minimum absolute atomic E-state index is 0.233. The van der Waals surface area contributed by atoms with Crippen LogP contribution in [0.15, 0.2) is 36.3 Å². The van der Waals surface area contributed by atoms with Crippen LogP contribution in [0, 0.1) is 0 Å². The maximum Gasteiger partial charge on any atom is 0.573 e. The summed E-state index contributed by atoms with van der Waals surface area (Å²) in [5, 5.41) is 9.79. The number of amides is 2. The zero-order valence-corrected chi connectivity index (χ0v) is 12.0. The predicted octanol–water partition coefficient (Wildman–Crippen LogP) is 2.56. The second-order valence-electron chi connectivity index (χ2n) is 4.33. The normalized spacial score (nSPS) is 21.0. The molecule has 2 amide bonds. The van der Waals surface area contributed by atoms with E-state index in [0.717, 1.165) is 18.3 Å². The van der Waals surface area contributed by atoms with Crippen molar-refractivity contribution in [2.24, 2.45) is 0 Å². The second kappa shape index (κ2) is 6.92. The molecule has 0 spiro atoms. The second-order valence-corrected chi connectivity index (χ2v) is 4.77. The van der Waals surface area contributed by atoms with Crippen molar-refractivity contribution in [3.63, 3.8) is 0 Å². The lowest BCUT2D eigenvalue weighted by Gasteiger charge is -2.26. The van der Waals surface area contributed by atoms with Crippen LogP contribution in [-0.4, -0.2) is 24.2 Å². The number of hydrogen-bond acceptors (Lipinski definition) is 4. The third kappa shape index (κ3) is 5.49. The van der Waals surface area contributed by atoms with Gasteiger partial charge in [0.1, 0.15) is 17.1 Å². The van der Waals surface area contributed by atoms with E-state index >= 15 is 0 Å². The molecule has 1 aromatic rings. The summed E-state index contributed by atoms with van der Waals surface area (Å²) in [5.41, 5.74) is -0.850. The van der Waals surface area contributed by atoms with E-state index in [1.54, 1.807) is 0 Å². The van der Waals surface area contributed by atoms with Crippen molar-refractivity contribution in [3.8, 4) is 5.75 Å². The summed E-state index contributed by atoms with van der Waals surface area (Å²) in [7, 11) is 0. The molecular formula is C12H11ClF4N4O2. The minimum Gasteiger partial charge on any atom is -0.406 e. The summed E-state index contributed by atoms with van der Waals surface area (Å²) in [6.07, 6.45) is -4.60. The number of rotatable bonds is 3. The van der Waals surface area contributed by atoms with Crippen molar-refractivity contribution >= 4 is 23.3 Å². The van der Waals surface area contributed by atoms with Crippen molar-refractivity contribution in [2.45, 2.75) is 18.2 Å². The molecule has 0 aromatic heterocycles. The van der Waals surface area contributed by atoms with Crippen molar-refractivity contribution in [2.75, 3.05) is 5.32 Å². The third-order valence-corrected chi connectivity index (χ3v) is 2.90. The Balaban J connectivity index is 1.86. The highest BCUT2D eigenvalue weighted by Crippen LogP contribution is 2.23. The molecule has 0 saturated carbocycles. The standard InChI is InChI=1S/C12H11ClF4N4O2/c13-9-8(14)5-18-10(20-9)21-11(22)19-6-1-3-7(4-2-6)23-12(15,16)17/h1-5,9-10,18,20H,(H2,19,21,22). The summed E-state index contributed by atoms with van der Waals surface area (Å²) in [6.45, 7) is 0. The summed E-state index contributed by atoms with van der Waals surface area (Å²) in [6, 6.07) is 3.87. The van der Waals surface area contributed by atoms with Crippen LogP contribution in [0.5, 0.6) is 5.75 Å². The lowest BCUT2D eigenvalue weighted by molar-refractivity contribution is -0.274. The molecule has 0 saturated heterocycles. The van der Waals surface area contributed by atoms with Crippen LogP contribution in [0.4, 0.5) is 28.0 Å². The maximum absolute atomic E-state index is 13.0. The first kappa shape index (κ1) is 17.2. The number of nitrogens with one attached hydrogen (secondary N) is 4. The average molecular weight is 355 g/mol. The number of alkyl halides is 4. The monoisotopic (exact) mass is 354 g/mol. The van der Waals surface area contributed by atoms with Gasteiger partial charge in [0.15, 0.2) is 6.29 Å². The van der Waals surface area contributed by atoms with Crippen LogP contribution < -0.4 is 26.0 Å². The Kier molecular flexibility index (Phi) is 5.16. The molecule has 2 unspecified atom stereocenters. The van der Waals surface area contributed by atoms with Crippen LogP contribution in [0.25, 0.3) is 0 Å². The molecule has 0 aliphatic carbocycles. The van der Waals surface area contributed by atoms with Gasteiger partial charge in [0.25, 0.3) is 0 Å². The fourth-order valence-corrected chi connectivity index (χ4v) is 1.82. The first-order chi connectivity index (χ1) is 10.7. The highest BCUT2D eigenvalue weighted by molar-refractivity contribution is 6.21. The third-order valence-electron chi connectivity index (χ3n) is 2.56. The molecule has 6 nitrogen and oxygen atoms in total. The maximum atomic E-state index is 13.0. The van der Waals surface area contributed by atoms with E-state index in [4.69, 9.17) is 11.6 Å². The summed E-state index contributed by atoms with van der Waals surface area (Å²) >= 11 is 5.60. The van der Waals surface area contributed by atoms with E-state index < -0.39 is 35.8 Å². The number of urea groups is 1. The number of halogens is 5. The molecule has 23 heavy (non-hydrogen) atoms. The first-order valence-electron chi connectivity index (χ1n) is 6.18. The Morgan fingerprint density at radius 2 is 1.91 bits per heavy atom. The van der Waals surface area contributed by atoms with Crippen LogP contribution in [-0.2, 0) is 0 Å². The molecule has 0 fully saturated rings. The molecule has 4 N–H and O–H groups in total. The SMILES string of the molecule is O=C(Nc1ccc(OC(F)(F)F)cc1)NC1NC=C(F)C(Cl)N1. The number of anilines is 1. The molecule has 2 atom stereocenters. The topological polar surface area (TPSA) is 74.4 Å². The zero-order chi connectivity index (χ0) is 17.0. The van der Waals surface area contributed by atoms with Gasteiger partial charge in [-0.15, -0.1) is 13.2 Å². The highest BCUT2D eigenvalue weighted by atomic mass is 35.5. The highest BCUT2D eigenvalue weighted by Gasteiger charge is 2.31. The van der Waals surface area contributed by atoms with E-state index in [-0.39, 0.29) is 5.69 Å². The fraction of sp³-hybridized carbons (Fsp3) is 0.250. The molecule has 1 aliphatic rings. The van der Waals surface area contributed by atoms with Gasteiger partial charge in [0, 0.05) is 11.9 Å². The van der Waals surface area contributed by atoms with Crippen molar-refractivity contribution in [1.29, 1.82) is 0 Å². The van der Waals surface area contributed by atoms with Gasteiger partial charge in [-0.2, -0.15) is 0 Å². The summed E-state index contributed by atoms with van der Waals surface area (Å²) < 4.78 is 52.7. The van der Waals surface area contributed by atoms with Crippen molar-refractivity contribution in [1.82, 2.24) is 16.0 Å². The first-order valence-corrected chi connectivity index (χ1v) is 6.62. The van der Waals surface area contributed by atoms with Crippen molar-refractivity contribution in [3.05, 3.63) is 36.3 Å². The van der Waals surface area contributed by atoms with Gasteiger partial charge < -0.3 is 20.7 Å². The van der Waals surface area contributed by atoms with E-state index in [1.165, 1.54) is 12.1 Å². The lowest BCUT2D eigenvalue weighted by Crippen LogP contribution is -2.58. The predicted molar refractivity (Wildman–Crippen MR) is 74.2 cm³/mol. The molecule has 11 heteroatoms. The van der Waals surface area contributed by atoms with Crippen LogP contribution in [0.1, 0.15) is 0 Å². The van der Waals surface area contributed by atoms with Crippen LogP contribution >= 0.6 is 11.6 Å². The van der Waals surface area contributed by atoms with Gasteiger partial charge in [0.2, 0.25) is 0 Å². The number of benzene rings is 1. The number of carbonyl (C=O) groups excluding carboxylic acids is 1. The lowest BCUT2D eigenvalue weighted by atomic mass is 10.3. The Labute approximate surface area is 132 Å². The molecular weight excluding hydrogens is 344 g/mol. The number of ether oxygens (including phenoxy) is 1. The van der Waals surface area contributed by atoms with E-state index in [2.05, 4.69) is 26.0 Å².